The lowest BCUT2D eigenvalue weighted by Crippen LogP contribution is -2.45. The van der Waals surface area contributed by atoms with E-state index in [1.54, 1.807) is 0 Å². The fourth-order valence-corrected chi connectivity index (χ4v) is 2.84. The lowest BCUT2D eigenvalue weighted by atomic mass is 9.96. The molecule has 2 rings (SSSR count). The Kier molecular flexibility index (Phi) is 6.21. The van der Waals surface area contributed by atoms with Gasteiger partial charge in [-0.3, -0.25) is 4.79 Å². The van der Waals surface area contributed by atoms with E-state index in [-0.39, 0.29) is 5.91 Å². The van der Waals surface area contributed by atoms with Crippen molar-refractivity contribution in [1.29, 1.82) is 0 Å². The summed E-state index contributed by atoms with van der Waals surface area (Å²) in [4.78, 5) is 14.5. The SMILES string of the molecule is CCN1CCC(CNC(=O)C(N)Cc2ccccc2)CC1. The van der Waals surface area contributed by atoms with E-state index in [0.717, 1.165) is 31.7 Å². The van der Waals surface area contributed by atoms with E-state index in [1.165, 1.54) is 12.8 Å². The summed E-state index contributed by atoms with van der Waals surface area (Å²) in [5.74, 6) is 0.567. The number of nitrogens with two attached hydrogens (primary N) is 1. The van der Waals surface area contributed by atoms with Crippen LogP contribution < -0.4 is 11.1 Å². The van der Waals surface area contributed by atoms with Gasteiger partial charge in [0.25, 0.3) is 0 Å². The molecule has 0 radical (unpaired) electrons. The molecule has 0 aliphatic carbocycles. The van der Waals surface area contributed by atoms with Crippen LogP contribution in [-0.2, 0) is 11.2 Å². The quantitative estimate of drug-likeness (QED) is 0.832. The molecule has 1 heterocycles. The highest BCUT2D eigenvalue weighted by Crippen LogP contribution is 2.15. The van der Waals surface area contributed by atoms with E-state index in [0.29, 0.717) is 12.3 Å². The fourth-order valence-electron chi connectivity index (χ4n) is 2.84. The summed E-state index contributed by atoms with van der Waals surface area (Å²) in [5.41, 5.74) is 7.10. The Labute approximate surface area is 127 Å². The van der Waals surface area contributed by atoms with Crippen molar-refractivity contribution in [3.05, 3.63) is 35.9 Å². The molecule has 1 unspecified atom stereocenters. The van der Waals surface area contributed by atoms with Gasteiger partial charge in [0.1, 0.15) is 0 Å². The smallest absolute Gasteiger partial charge is 0.237 e. The van der Waals surface area contributed by atoms with Gasteiger partial charge in [-0.25, -0.2) is 0 Å². The Hall–Kier alpha value is -1.39. The first-order valence-electron chi connectivity index (χ1n) is 7.98. The van der Waals surface area contributed by atoms with Gasteiger partial charge >= 0.3 is 0 Å². The van der Waals surface area contributed by atoms with Crippen LogP contribution >= 0.6 is 0 Å². The Balaban J connectivity index is 1.69. The van der Waals surface area contributed by atoms with Crippen molar-refractivity contribution in [3.63, 3.8) is 0 Å². The molecule has 0 spiro atoms. The Morgan fingerprint density at radius 1 is 1.33 bits per heavy atom. The molecule has 3 N–H and O–H groups in total. The molecule has 1 fully saturated rings. The second-order valence-electron chi connectivity index (χ2n) is 5.92. The van der Waals surface area contributed by atoms with Crippen LogP contribution in [0.4, 0.5) is 0 Å². The number of nitrogens with zero attached hydrogens (tertiary/aromatic N) is 1. The van der Waals surface area contributed by atoms with Gasteiger partial charge in [0.05, 0.1) is 6.04 Å². The summed E-state index contributed by atoms with van der Waals surface area (Å²) in [7, 11) is 0. The number of carbonyl (C=O) groups excluding carboxylic acids is 1. The molecular weight excluding hydrogens is 262 g/mol. The Morgan fingerprint density at radius 3 is 2.62 bits per heavy atom. The third-order valence-corrected chi connectivity index (χ3v) is 4.35. The van der Waals surface area contributed by atoms with E-state index in [4.69, 9.17) is 5.73 Å². The zero-order valence-corrected chi connectivity index (χ0v) is 12.9. The summed E-state index contributed by atoms with van der Waals surface area (Å²) in [6, 6.07) is 9.48. The standard InChI is InChI=1S/C17H27N3O/c1-2-20-10-8-15(9-11-20)13-19-17(21)16(18)12-14-6-4-3-5-7-14/h3-7,15-16H,2,8-13,18H2,1H3,(H,19,21). The largest absolute Gasteiger partial charge is 0.354 e. The first-order valence-corrected chi connectivity index (χ1v) is 7.98. The monoisotopic (exact) mass is 289 g/mol. The van der Waals surface area contributed by atoms with E-state index in [2.05, 4.69) is 17.1 Å². The van der Waals surface area contributed by atoms with Gasteiger partial charge in [-0.15, -0.1) is 0 Å². The third-order valence-electron chi connectivity index (χ3n) is 4.35. The average Bonchev–Trinajstić information content (AvgIpc) is 2.54. The Bertz CT molecular complexity index is 427. The normalized spacial score (nSPS) is 18.4. The molecule has 4 nitrogen and oxygen atoms in total. The molecule has 1 amide bonds. The number of hydrogen-bond acceptors (Lipinski definition) is 3. The zero-order valence-electron chi connectivity index (χ0n) is 12.9. The van der Waals surface area contributed by atoms with Crippen LogP contribution in [0, 0.1) is 5.92 Å². The predicted molar refractivity (Wildman–Crippen MR) is 86.0 cm³/mol. The molecule has 21 heavy (non-hydrogen) atoms. The van der Waals surface area contributed by atoms with Gasteiger partial charge in [0.2, 0.25) is 5.91 Å². The molecule has 0 saturated carbocycles. The number of carbonyl (C=O) groups is 1. The lowest BCUT2D eigenvalue weighted by Gasteiger charge is -2.31. The van der Waals surface area contributed by atoms with E-state index in [1.807, 2.05) is 30.3 Å². The number of rotatable bonds is 6. The van der Waals surface area contributed by atoms with Crippen molar-refractivity contribution in [1.82, 2.24) is 10.2 Å². The van der Waals surface area contributed by atoms with Crippen LogP contribution in [0.5, 0.6) is 0 Å². The van der Waals surface area contributed by atoms with Gasteiger partial charge in [-0.1, -0.05) is 37.3 Å². The zero-order chi connectivity index (χ0) is 15.1. The second kappa shape index (κ2) is 8.15. The average molecular weight is 289 g/mol. The van der Waals surface area contributed by atoms with Crippen LogP contribution in [0.15, 0.2) is 30.3 Å². The predicted octanol–water partition coefficient (Wildman–Crippen LogP) is 1.40. The first kappa shape index (κ1) is 16.0. The maximum Gasteiger partial charge on any atom is 0.237 e. The van der Waals surface area contributed by atoms with E-state index < -0.39 is 6.04 Å². The summed E-state index contributed by atoms with van der Waals surface area (Å²) in [6.45, 7) is 6.38. The van der Waals surface area contributed by atoms with Crippen LogP contribution in [0.25, 0.3) is 0 Å². The molecule has 116 valence electrons. The highest BCUT2D eigenvalue weighted by molar-refractivity contribution is 5.81. The third kappa shape index (κ3) is 5.14. The van der Waals surface area contributed by atoms with E-state index >= 15 is 0 Å². The first-order chi connectivity index (χ1) is 10.2. The number of benzene rings is 1. The topological polar surface area (TPSA) is 58.4 Å². The van der Waals surface area contributed by atoms with Crippen molar-refractivity contribution in [3.8, 4) is 0 Å². The molecule has 0 aromatic heterocycles. The molecule has 1 aliphatic rings. The summed E-state index contributed by atoms with van der Waals surface area (Å²) < 4.78 is 0. The molecule has 1 atom stereocenters. The minimum Gasteiger partial charge on any atom is -0.354 e. The minimum absolute atomic E-state index is 0.0308. The van der Waals surface area contributed by atoms with Gasteiger partial charge in [-0.2, -0.15) is 0 Å². The van der Waals surface area contributed by atoms with Gasteiger partial charge in [0, 0.05) is 6.54 Å². The van der Waals surface area contributed by atoms with E-state index in [9.17, 15) is 4.79 Å². The van der Waals surface area contributed by atoms with Crippen molar-refractivity contribution >= 4 is 5.91 Å². The maximum atomic E-state index is 12.1. The van der Waals surface area contributed by atoms with Gasteiger partial charge in [-0.05, 0) is 50.4 Å². The molecule has 1 aromatic rings. The van der Waals surface area contributed by atoms with Gasteiger partial charge in [0.15, 0.2) is 0 Å². The second-order valence-corrected chi connectivity index (χ2v) is 5.92. The van der Waals surface area contributed by atoms with Gasteiger partial charge < -0.3 is 16.0 Å². The van der Waals surface area contributed by atoms with Crippen LogP contribution in [0.2, 0.25) is 0 Å². The molecule has 1 saturated heterocycles. The molecular formula is C17H27N3O. The van der Waals surface area contributed by atoms with Crippen molar-refractivity contribution in [2.75, 3.05) is 26.2 Å². The molecule has 1 aromatic carbocycles. The number of hydrogen-bond donors (Lipinski definition) is 2. The molecule has 1 aliphatic heterocycles. The molecule has 4 heteroatoms. The highest BCUT2D eigenvalue weighted by atomic mass is 16.2. The summed E-state index contributed by atoms with van der Waals surface area (Å²) >= 11 is 0. The van der Waals surface area contributed by atoms with Crippen LogP contribution in [0.1, 0.15) is 25.3 Å². The number of nitrogens with one attached hydrogen (secondary N) is 1. The highest BCUT2D eigenvalue weighted by Gasteiger charge is 2.20. The molecule has 0 bridgehead atoms. The van der Waals surface area contributed by atoms with Crippen molar-refractivity contribution < 1.29 is 4.79 Å². The number of likely N-dealkylation sites (tertiary alicyclic amines) is 1. The van der Waals surface area contributed by atoms with Crippen LogP contribution in [-0.4, -0.2) is 43.0 Å². The number of piperidine rings is 1. The van der Waals surface area contributed by atoms with Crippen LogP contribution in [0.3, 0.4) is 0 Å². The fraction of sp³-hybridized carbons (Fsp3) is 0.588. The Morgan fingerprint density at radius 2 is 2.00 bits per heavy atom. The van der Waals surface area contributed by atoms with Crippen molar-refractivity contribution in [2.45, 2.75) is 32.2 Å². The summed E-state index contributed by atoms with van der Waals surface area (Å²) in [5, 5.41) is 3.02. The summed E-state index contributed by atoms with van der Waals surface area (Å²) in [6.07, 6.45) is 2.94. The van der Waals surface area contributed by atoms with Crippen molar-refractivity contribution in [2.24, 2.45) is 11.7 Å². The maximum absolute atomic E-state index is 12.1. The minimum atomic E-state index is -0.455. The number of amides is 1. The lowest BCUT2D eigenvalue weighted by molar-refractivity contribution is -0.122.